The summed E-state index contributed by atoms with van der Waals surface area (Å²) in [6.07, 6.45) is 0. The lowest BCUT2D eigenvalue weighted by Crippen LogP contribution is -2.20. The van der Waals surface area contributed by atoms with Crippen LogP contribution in [0.2, 0.25) is 0 Å². The number of imidazole rings is 1. The van der Waals surface area contributed by atoms with E-state index in [2.05, 4.69) is 41.1 Å². The number of para-hydroxylation sites is 2. The SMILES string of the molecule is CCOc1ccc(NS(=O)(=O)c2cc(NN=C(C(=O)OC)c3nc4ccccc4[nH]3)ccc2OC)cc1Br. The topological polar surface area (TPSA) is 144 Å². The molecule has 3 N–H and O–H groups in total. The second-order valence-corrected chi connectivity index (χ2v) is 10.2. The Morgan fingerprint density at radius 3 is 2.47 bits per heavy atom. The van der Waals surface area contributed by atoms with Crippen LogP contribution in [0.3, 0.4) is 0 Å². The molecule has 0 aliphatic rings. The fourth-order valence-corrected chi connectivity index (χ4v) is 5.22. The number of aromatic amines is 1. The quantitative estimate of drug-likeness (QED) is 0.137. The number of methoxy groups -OCH3 is 2. The van der Waals surface area contributed by atoms with Crippen LogP contribution in [0.4, 0.5) is 11.4 Å². The molecule has 0 saturated carbocycles. The lowest BCUT2D eigenvalue weighted by molar-refractivity contribution is -0.132. The molecule has 0 unspecified atom stereocenters. The number of halogens is 1. The summed E-state index contributed by atoms with van der Waals surface area (Å²) >= 11 is 3.38. The van der Waals surface area contributed by atoms with Gasteiger partial charge in [0.2, 0.25) is 5.71 Å². The number of esters is 1. The molecular weight excluding hydrogens is 578 g/mol. The van der Waals surface area contributed by atoms with Gasteiger partial charge in [-0.2, -0.15) is 5.10 Å². The number of aromatic nitrogens is 2. The number of hydrogen-bond donors (Lipinski definition) is 3. The summed E-state index contributed by atoms with van der Waals surface area (Å²) in [7, 11) is -1.49. The summed E-state index contributed by atoms with van der Waals surface area (Å²) in [5.41, 5.74) is 4.54. The lowest BCUT2D eigenvalue weighted by Gasteiger charge is -2.14. The molecule has 0 fully saturated rings. The Labute approximate surface area is 227 Å². The summed E-state index contributed by atoms with van der Waals surface area (Å²) in [5, 5.41) is 4.15. The van der Waals surface area contributed by atoms with E-state index in [0.29, 0.717) is 33.5 Å². The van der Waals surface area contributed by atoms with Gasteiger partial charge < -0.3 is 19.2 Å². The lowest BCUT2D eigenvalue weighted by atomic mass is 10.3. The Bertz CT molecular complexity index is 1590. The van der Waals surface area contributed by atoms with Gasteiger partial charge in [-0.15, -0.1) is 0 Å². The summed E-state index contributed by atoms with van der Waals surface area (Å²) in [6, 6.07) is 16.4. The van der Waals surface area contributed by atoms with Crippen LogP contribution in [0.5, 0.6) is 11.5 Å². The van der Waals surface area contributed by atoms with Gasteiger partial charge in [-0.05, 0) is 71.4 Å². The molecule has 0 atom stereocenters. The van der Waals surface area contributed by atoms with Gasteiger partial charge in [-0.25, -0.2) is 18.2 Å². The van der Waals surface area contributed by atoms with Gasteiger partial charge in [0.15, 0.2) is 5.82 Å². The van der Waals surface area contributed by atoms with E-state index in [4.69, 9.17) is 14.2 Å². The highest BCUT2D eigenvalue weighted by molar-refractivity contribution is 9.10. The number of nitrogens with zero attached hydrogens (tertiary/aromatic N) is 2. The molecule has 0 spiro atoms. The number of ether oxygens (including phenoxy) is 3. The number of hydrogen-bond acceptors (Lipinski definition) is 9. The van der Waals surface area contributed by atoms with Crippen molar-refractivity contribution in [1.29, 1.82) is 0 Å². The summed E-state index contributed by atoms with van der Waals surface area (Å²) < 4.78 is 45.3. The first kappa shape index (κ1) is 26.9. The average molecular weight is 602 g/mol. The maximum Gasteiger partial charge on any atom is 0.362 e. The molecule has 38 heavy (non-hydrogen) atoms. The highest BCUT2D eigenvalue weighted by atomic mass is 79.9. The van der Waals surface area contributed by atoms with Crippen molar-refractivity contribution in [1.82, 2.24) is 9.97 Å². The summed E-state index contributed by atoms with van der Waals surface area (Å²) in [4.78, 5) is 19.7. The summed E-state index contributed by atoms with van der Waals surface area (Å²) in [6.45, 7) is 2.32. The molecule has 0 aliphatic carbocycles. The van der Waals surface area contributed by atoms with Crippen LogP contribution in [0, 0.1) is 0 Å². The highest BCUT2D eigenvalue weighted by Crippen LogP contribution is 2.32. The maximum atomic E-state index is 13.3. The van der Waals surface area contributed by atoms with Crippen molar-refractivity contribution < 1.29 is 27.4 Å². The number of nitrogens with one attached hydrogen (secondary N) is 3. The number of fused-ring (bicyclic) bond motifs is 1. The van der Waals surface area contributed by atoms with Gasteiger partial charge in [0.25, 0.3) is 10.0 Å². The molecule has 0 saturated heterocycles. The third-order valence-electron chi connectivity index (χ3n) is 5.23. The van der Waals surface area contributed by atoms with Gasteiger partial charge >= 0.3 is 5.97 Å². The van der Waals surface area contributed by atoms with E-state index in [1.807, 2.05) is 25.1 Å². The minimum absolute atomic E-state index is 0.113. The molecule has 0 aliphatic heterocycles. The second kappa shape index (κ2) is 11.5. The minimum Gasteiger partial charge on any atom is -0.495 e. The van der Waals surface area contributed by atoms with Crippen molar-refractivity contribution in [2.45, 2.75) is 11.8 Å². The smallest absolute Gasteiger partial charge is 0.362 e. The molecule has 4 aromatic rings. The Hall–Kier alpha value is -4.10. The number of carbonyl (C=O) groups excluding carboxylic acids is 1. The van der Waals surface area contributed by atoms with E-state index < -0.39 is 16.0 Å². The van der Waals surface area contributed by atoms with Crippen LogP contribution in [0.15, 0.2) is 75.1 Å². The number of H-pyrrole nitrogens is 1. The first-order valence-electron chi connectivity index (χ1n) is 11.3. The van der Waals surface area contributed by atoms with Gasteiger partial charge in [0.05, 0.1) is 47.7 Å². The number of sulfonamides is 1. The number of hydrazone groups is 1. The van der Waals surface area contributed by atoms with Gasteiger partial charge in [0.1, 0.15) is 16.4 Å². The predicted molar refractivity (Wildman–Crippen MR) is 147 cm³/mol. The molecule has 4 rings (SSSR count). The molecule has 198 valence electrons. The van der Waals surface area contributed by atoms with Crippen LogP contribution in [-0.2, 0) is 19.6 Å². The first-order valence-corrected chi connectivity index (χ1v) is 13.5. The average Bonchev–Trinajstić information content (AvgIpc) is 3.34. The maximum absolute atomic E-state index is 13.3. The van der Waals surface area contributed by atoms with Crippen molar-refractivity contribution in [2.24, 2.45) is 5.10 Å². The van der Waals surface area contributed by atoms with E-state index in [-0.39, 0.29) is 27.9 Å². The van der Waals surface area contributed by atoms with E-state index >= 15 is 0 Å². The van der Waals surface area contributed by atoms with E-state index in [1.54, 1.807) is 30.3 Å². The molecule has 13 heteroatoms. The van der Waals surface area contributed by atoms with Gasteiger partial charge in [-0.3, -0.25) is 10.1 Å². The van der Waals surface area contributed by atoms with Crippen LogP contribution in [0.1, 0.15) is 12.7 Å². The summed E-state index contributed by atoms with van der Waals surface area (Å²) in [5.74, 6) is 0.153. The zero-order valence-electron chi connectivity index (χ0n) is 20.6. The van der Waals surface area contributed by atoms with E-state index in [9.17, 15) is 13.2 Å². The molecule has 0 amide bonds. The van der Waals surface area contributed by atoms with Crippen molar-refractivity contribution in [3.63, 3.8) is 0 Å². The second-order valence-electron chi connectivity index (χ2n) is 7.72. The highest BCUT2D eigenvalue weighted by Gasteiger charge is 2.22. The first-order chi connectivity index (χ1) is 18.2. The normalized spacial score (nSPS) is 11.7. The van der Waals surface area contributed by atoms with Crippen LogP contribution in [0.25, 0.3) is 11.0 Å². The minimum atomic E-state index is -4.08. The van der Waals surface area contributed by atoms with Gasteiger partial charge in [-0.1, -0.05) is 12.1 Å². The Balaban J connectivity index is 1.64. The molecular formula is C25H24BrN5O6S. The number of rotatable bonds is 10. The van der Waals surface area contributed by atoms with Gasteiger partial charge in [0, 0.05) is 0 Å². The molecule has 0 radical (unpaired) electrons. The van der Waals surface area contributed by atoms with Crippen LogP contribution < -0.4 is 19.6 Å². The third kappa shape index (κ3) is 5.89. The van der Waals surface area contributed by atoms with Crippen molar-refractivity contribution in [3.8, 4) is 11.5 Å². The molecule has 0 bridgehead atoms. The zero-order valence-corrected chi connectivity index (χ0v) is 23.0. The molecule has 11 nitrogen and oxygen atoms in total. The van der Waals surface area contributed by atoms with Crippen molar-refractivity contribution in [2.75, 3.05) is 31.0 Å². The predicted octanol–water partition coefficient (Wildman–Crippen LogP) is 4.52. The Morgan fingerprint density at radius 1 is 1.05 bits per heavy atom. The standard InChI is InChI=1S/C25H24BrN5O6S/c1-4-37-20-11-10-16(13-17(20)26)31-38(33,34)22-14-15(9-12-21(22)35-2)29-30-23(25(32)36-3)24-27-18-7-5-6-8-19(18)28-24/h5-14,29,31H,4H2,1-3H3,(H,27,28). The Morgan fingerprint density at radius 2 is 1.79 bits per heavy atom. The monoisotopic (exact) mass is 601 g/mol. The largest absolute Gasteiger partial charge is 0.495 e. The Kier molecular flexibility index (Phi) is 8.17. The van der Waals surface area contributed by atoms with E-state index in [0.717, 1.165) is 0 Å². The molecule has 3 aromatic carbocycles. The fraction of sp³-hybridized carbons (Fsp3) is 0.160. The number of benzene rings is 3. The van der Waals surface area contributed by atoms with Crippen LogP contribution in [-0.4, -0.2) is 50.9 Å². The van der Waals surface area contributed by atoms with Crippen molar-refractivity contribution >= 4 is 60.0 Å². The molecule has 1 heterocycles. The van der Waals surface area contributed by atoms with E-state index in [1.165, 1.54) is 26.4 Å². The zero-order chi connectivity index (χ0) is 27.3. The van der Waals surface area contributed by atoms with Crippen molar-refractivity contribution in [3.05, 3.63) is 71.0 Å². The number of anilines is 2. The number of carbonyl (C=O) groups is 1. The van der Waals surface area contributed by atoms with Crippen LogP contribution >= 0.6 is 15.9 Å². The fourth-order valence-electron chi connectivity index (χ4n) is 3.48. The third-order valence-corrected chi connectivity index (χ3v) is 7.25. The molecule has 1 aromatic heterocycles.